The maximum absolute atomic E-state index is 10.6. The van der Waals surface area contributed by atoms with E-state index in [4.69, 9.17) is 10.2 Å². The van der Waals surface area contributed by atoms with Crippen molar-refractivity contribution in [1.29, 1.82) is 0 Å². The van der Waals surface area contributed by atoms with Crippen LogP contribution in [0.1, 0.15) is 6.42 Å². The minimum absolute atomic E-state index is 0.0306. The van der Waals surface area contributed by atoms with Crippen molar-refractivity contribution in [2.24, 2.45) is 5.92 Å². The molecule has 1 rings (SSSR count). The summed E-state index contributed by atoms with van der Waals surface area (Å²) in [6.07, 6.45) is 7.01. The van der Waals surface area contributed by atoms with E-state index in [1.807, 2.05) is 0 Å². The van der Waals surface area contributed by atoms with Crippen LogP contribution in [0.4, 0.5) is 0 Å². The molecular weight excluding hydrogens is 184 g/mol. The third-order valence-electron chi connectivity index (χ3n) is 1.91. The van der Waals surface area contributed by atoms with Crippen molar-refractivity contribution in [3.63, 3.8) is 0 Å². The van der Waals surface area contributed by atoms with Gasteiger partial charge in [0, 0.05) is 5.92 Å². The second-order valence-electron chi connectivity index (χ2n) is 2.93. The number of methoxy groups -OCH3 is 1. The summed E-state index contributed by atoms with van der Waals surface area (Å²) in [5.41, 5.74) is 0. The lowest BCUT2D eigenvalue weighted by Gasteiger charge is -2.10. The fraction of sp³-hybridized carbons (Fsp3) is 0.300. The Labute approximate surface area is 81.8 Å². The summed E-state index contributed by atoms with van der Waals surface area (Å²) in [6.45, 7) is 0. The number of rotatable bonds is 3. The fourth-order valence-electron chi connectivity index (χ4n) is 1.17. The molecule has 0 radical (unpaired) electrons. The van der Waals surface area contributed by atoms with Crippen LogP contribution in [0, 0.1) is 5.92 Å². The van der Waals surface area contributed by atoms with Crippen LogP contribution in [0.5, 0.6) is 0 Å². The van der Waals surface area contributed by atoms with Gasteiger partial charge in [0.15, 0.2) is 0 Å². The minimum atomic E-state index is -1.08. The number of aliphatic hydroxyl groups excluding tert-OH is 1. The van der Waals surface area contributed by atoms with Crippen molar-refractivity contribution in [3.8, 4) is 0 Å². The van der Waals surface area contributed by atoms with Crippen LogP contribution in [-0.2, 0) is 9.53 Å². The average Bonchev–Trinajstić information content (AvgIpc) is 2.16. The van der Waals surface area contributed by atoms with Gasteiger partial charge < -0.3 is 14.9 Å². The van der Waals surface area contributed by atoms with Crippen LogP contribution < -0.4 is 0 Å². The van der Waals surface area contributed by atoms with E-state index in [1.165, 1.54) is 13.2 Å². The van der Waals surface area contributed by atoms with E-state index in [0.29, 0.717) is 6.42 Å². The zero-order valence-corrected chi connectivity index (χ0v) is 7.80. The van der Waals surface area contributed by atoms with Crippen molar-refractivity contribution in [3.05, 3.63) is 35.8 Å². The molecule has 0 saturated heterocycles. The number of aliphatic carboxylic acids is 1. The number of hydrogen-bond donors (Lipinski definition) is 2. The highest BCUT2D eigenvalue weighted by Gasteiger charge is 2.11. The van der Waals surface area contributed by atoms with Gasteiger partial charge >= 0.3 is 5.97 Å². The van der Waals surface area contributed by atoms with Gasteiger partial charge in [-0.25, -0.2) is 4.79 Å². The molecule has 0 amide bonds. The Morgan fingerprint density at radius 2 is 2.43 bits per heavy atom. The molecule has 1 unspecified atom stereocenters. The number of carboxylic acid groups (broad SMARTS) is 1. The first-order chi connectivity index (χ1) is 6.63. The topological polar surface area (TPSA) is 66.8 Å². The first-order valence-corrected chi connectivity index (χ1v) is 4.20. The van der Waals surface area contributed by atoms with Gasteiger partial charge in [-0.2, -0.15) is 0 Å². The van der Waals surface area contributed by atoms with Crippen LogP contribution in [0.3, 0.4) is 0 Å². The maximum atomic E-state index is 10.6. The normalized spacial score (nSPS) is 21.6. The lowest BCUT2D eigenvalue weighted by Crippen LogP contribution is -2.06. The van der Waals surface area contributed by atoms with E-state index in [-0.39, 0.29) is 17.4 Å². The summed E-state index contributed by atoms with van der Waals surface area (Å²) in [5.74, 6) is -0.977. The van der Waals surface area contributed by atoms with Crippen molar-refractivity contribution in [1.82, 2.24) is 0 Å². The summed E-state index contributed by atoms with van der Waals surface area (Å²) in [4.78, 5) is 10.6. The highest BCUT2D eigenvalue weighted by Crippen LogP contribution is 2.17. The van der Waals surface area contributed by atoms with Crippen LogP contribution in [-0.4, -0.2) is 23.3 Å². The first kappa shape index (κ1) is 10.4. The van der Waals surface area contributed by atoms with Crippen LogP contribution in [0.15, 0.2) is 35.8 Å². The quantitative estimate of drug-likeness (QED) is 0.531. The van der Waals surface area contributed by atoms with Crippen LogP contribution >= 0.6 is 0 Å². The van der Waals surface area contributed by atoms with E-state index in [9.17, 15) is 4.79 Å². The third kappa shape index (κ3) is 2.65. The monoisotopic (exact) mass is 196 g/mol. The predicted molar refractivity (Wildman–Crippen MR) is 50.7 cm³/mol. The van der Waals surface area contributed by atoms with Gasteiger partial charge in [-0.3, -0.25) is 0 Å². The second-order valence-corrected chi connectivity index (χ2v) is 2.93. The standard InChI is InChI=1S/C10H12O4/c1-14-9(10(12)13)6-7-2-4-8(11)5-3-7/h2,4-7,11H,3H2,1H3,(H,12,13). The van der Waals surface area contributed by atoms with Gasteiger partial charge in [0.1, 0.15) is 5.76 Å². The van der Waals surface area contributed by atoms with Crippen molar-refractivity contribution in [2.75, 3.05) is 7.11 Å². The molecular formula is C10H12O4. The molecule has 1 aliphatic rings. The molecule has 76 valence electrons. The van der Waals surface area contributed by atoms with E-state index < -0.39 is 5.97 Å². The van der Waals surface area contributed by atoms with Crippen molar-refractivity contribution < 1.29 is 19.7 Å². The van der Waals surface area contributed by atoms with Gasteiger partial charge in [0.25, 0.3) is 0 Å². The van der Waals surface area contributed by atoms with Gasteiger partial charge in [0.2, 0.25) is 5.76 Å². The average molecular weight is 196 g/mol. The fourth-order valence-corrected chi connectivity index (χ4v) is 1.17. The Morgan fingerprint density at radius 1 is 1.71 bits per heavy atom. The zero-order chi connectivity index (χ0) is 10.6. The van der Waals surface area contributed by atoms with E-state index in [1.54, 1.807) is 18.2 Å². The molecule has 4 heteroatoms. The molecule has 0 spiro atoms. The van der Waals surface area contributed by atoms with Crippen molar-refractivity contribution >= 4 is 5.97 Å². The molecule has 0 aromatic rings. The number of allylic oxidation sites excluding steroid dienone is 4. The predicted octanol–water partition coefficient (Wildman–Crippen LogP) is 1.62. The number of carboxylic acids is 1. The van der Waals surface area contributed by atoms with Gasteiger partial charge in [-0.05, 0) is 24.6 Å². The first-order valence-electron chi connectivity index (χ1n) is 4.20. The molecule has 0 saturated carbocycles. The second kappa shape index (κ2) is 4.50. The summed E-state index contributed by atoms with van der Waals surface area (Å²) >= 11 is 0. The molecule has 0 aliphatic heterocycles. The Hall–Kier alpha value is -1.71. The summed E-state index contributed by atoms with van der Waals surface area (Å²) in [6, 6.07) is 0. The minimum Gasteiger partial charge on any atom is -0.508 e. The smallest absolute Gasteiger partial charge is 0.370 e. The lowest BCUT2D eigenvalue weighted by molar-refractivity contribution is -0.136. The highest BCUT2D eigenvalue weighted by molar-refractivity contribution is 5.84. The zero-order valence-electron chi connectivity index (χ0n) is 7.80. The molecule has 1 aliphatic carbocycles. The molecule has 0 heterocycles. The Balaban J connectivity index is 2.69. The molecule has 0 bridgehead atoms. The summed E-state index contributed by atoms with van der Waals surface area (Å²) in [7, 11) is 1.32. The molecule has 1 atom stereocenters. The van der Waals surface area contributed by atoms with Gasteiger partial charge in [-0.15, -0.1) is 0 Å². The number of aliphatic hydroxyl groups is 1. The molecule has 0 fully saturated rings. The van der Waals surface area contributed by atoms with Crippen molar-refractivity contribution in [2.45, 2.75) is 6.42 Å². The molecule has 2 N–H and O–H groups in total. The molecule has 0 aromatic carbocycles. The Bertz CT molecular complexity index is 312. The lowest BCUT2D eigenvalue weighted by atomic mass is 9.99. The summed E-state index contributed by atoms with van der Waals surface area (Å²) < 4.78 is 4.69. The molecule has 4 nitrogen and oxygen atoms in total. The number of hydrogen-bond acceptors (Lipinski definition) is 3. The van der Waals surface area contributed by atoms with E-state index >= 15 is 0 Å². The Morgan fingerprint density at radius 3 is 2.86 bits per heavy atom. The number of carbonyl (C=O) groups is 1. The third-order valence-corrected chi connectivity index (χ3v) is 1.91. The largest absolute Gasteiger partial charge is 0.508 e. The van der Waals surface area contributed by atoms with E-state index in [0.717, 1.165) is 0 Å². The maximum Gasteiger partial charge on any atom is 0.370 e. The Kier molecular flexibility index (Phi) is 3.34. The van der Waals surface area contributed by atoms with Crippen LogP contribution in [0.25, 0.3) is 0 Å². The molecule has 14 heavy (non-hydrogen) atoms. The highest BCUT2D eigenvalue weighted by atomic mass is 16.5. The number of ether oxygens (including phenoxy) is 1. The summed E-state index contributed by atoms with van der Waals surface area (Å²) in [5, 5.41) is 17.7. The van der Waals surface area contributed by atoms with Crippen LogP contribution in [0.2, 0.25) is 0 Å². The van der Waals surface area contributed by atoms with E-state index in [2.05, 4.69) is 4.74 Å². The van der Waals surface area contributed by atoms with Gasteiger partial charge in [0.05, 0.1) is 7.11 Å². The van der Waals surface area contributed by atoms with Gasteiger partial charge in [-0.1, -0.05) is 6.08 Å². The molecule has 0 aromatic heterocycles. The SMILES string of the molecule is COC(=CC1C=CC(O)=CC1)C(=O)O.